The first-order valence-corrected chi connectivity index (χ1v) is 11.8. The monoisotopic (exact) mass is 442 g/mol. The summed E-state index contributed by atoms with van der Waals surface area (Å²) in [5, 5.41) is 16.0. The lowest BCUT2D eigenvalue weighted by Crippen LogP contribution is -2.35. The number of anilines is 1. The van der Waals surface area contributed by atoms with Crippen LogP contribution in [0.1, 0.15) is 73.2 Å². The number of piperidine rings is 1. The number of aryl methyl sites for hydroxylation is 1. The zero-order valence-corrected chi connectivity index (χ0v) is 19.0. The Hall–Kier alpha value is -2.61. The second kappa shape index (κ2) is 10.3. The Morgan fingerprint density at radius 3 is 2.78 bits per heavy atom. The standard InChI is InChI=1S/C24H34N4O4/c1-16-14-20(7-8-21(16)22(30)25-17(2)15-29)31-13-3-4-18-9-11-28(12-10-18)24-26-23(32-27-24)19-5-6-19/h7-8,14,17-19,29H,3-6,9-13,15H2,1-2H3,(H,25,30). The number of carbonyl (C=O) groups excluding carboxylic acids is 1. The van der Waals surface area contributed by atoms with E-state index in [1.807, 2.05) is 19.1 Å². The van der Waals surface area contributed by atoms with E-state index in [4.69, 9.17) is 14.4 Å². The van der Waals surface area contributed by atoms with Crippen LogP contribution < -0.4 is 15.0 Å². The van der Waals surface area contributed by atoms with Crippen molar-refractivity contribution >= 4 is 11.9 Å². The molecule has 2 aromatic rings. The second-order valence-corrected chi connectivity index (χ2v) is 9.16. The van der Waals surface area contributed by atoms with Gasteiger partial charge in [0.1, 0.15) is 5.75 Å². The minimum absolute atomic E-state index is 0.0799. The molecule has 0 spiro atoms. The van der Waals surface area contributed by atoms with Gasteiger partial charge in [0.2, 0.25) is 5.89 Å². The Balaban J connectivity index is 1.15. The molecule has 1 aliphatic heterocycles. The largest absolute Gasteiger partial charge is 0.494 e. The van der Waals surface area contributed by atoms with E-state index in [0.29, 0.717) is 24.0 Å². The number of aliphatic hydroxyl groups excluding tert-OH is 1. The minimum Gasteiger partial charge on any atom is -0.494 e. The highest BCUT2D eigenvalue weighted by Crippen LogP contribution is 2.39. The molecule has 1 atom stereocenters. The molecule has 1 saturated carbocycles. The van der Waals surface area contributed by atoms with Crippen LogP contribution in [-0.2, 0) is 0 Å². The van der Waals surface area contributed by atoms with Crippen molar-refractivity contribution in [1.29, 1.82) is 0 Å². The van der Waals surface area contributed by atoms with Gasteiger partial charge in [-0.25, -0.2) is 0 Å². The van der Waals surface area contributed by atoms with Gasteiger partial charge in [-0.3, -0.25) is 4.79 Å². The molecule has 174 valence electrons. The summed E-state index contributed by atoms with van der Waals surface area (Å²) in [6.07, 6.45) is 6.79. The Morgan fingerprint density at radius 1 is 1.31 bits per heavy atom. The Bertz CT molecular complexity index is 903. The van der Waals surface area contributed by atoms with Crippen LogP contribution in [0.3, 0.4) is 0 Å². The highest BCUT2D eigenvalue weighted by molar-refractivity contribution is 5.95. The molecule has 32 heavy (non-hydrogen) atoms. The molecule has 4 rings (SSSR count). The average Bonchev–Trinajstić information content (AvgIpc) is 3.53. The summed E-state index contributed by atoms with van der Waals surface area (Å²) < 4.78 is 11.3. The number of rotatable bonds is 10. The van der Waals surface area contributed by atoms with Crippen LogP contribution in [0.25, 0.3) is 0 Å². The van der Waals surface area contributed by atoms with E-state index in [0.717, 1.165) is 61.9 Å². The molecule has 8 heteroatoms. The molecule has 1 amide bonds. The van der Waals surface area contributed by atoms with Crippen molar-refractivity contribution in [3.05, 3.63) is 35.2 Å². The number of aromatic nitrogens is 2. The highest BCUT2D eigenvalue weighted by Gasteiger charge is 2.31. The molecule has 1 aromatic heterocycles. The first-order chi connectivity index (χ1) is 15.5. The molecule has 1 aromatic carbocycles. The van der Waals surface area contributed by atoms with Gasteiger partial charge in [0.15, 0.2) is 0 Å². The fourth-order valence-corrected chi connectivity index (χ4v) is 4.16. The van der Waals surface area contributed by atoms with Crippen LogP contribution >= 0.6 is 0 Å². The molecular formula is C24H34N4O4. The number of carbonyl (C=O) groups is 1. The lowest BCUT2D eigenvalue weighted by Gasteiger charge is -2.30. The van der Waals surface area contributed by atoms with E-state index in [9.17, 15) is 4.79 Å². The fourth-order valence-electron chi connectivity index (χ4n) is 4.16. The van der Waals surface area contributed by atoms with Gasteiger partial charge in [-0.1, -0.05) is 0 Å². The quantitative estimate of drug-likeness (QED) is 0.544. The van der Waals surface area contributed by atoms with E-state index >= 15 is 0 Å². The van der Waals surface area contributed by atoms with Gasteiger partial charge in [0, 0.05) is 30.6 Å². The van der Waals surface area contributed by atoms with E-state index in [1.54, 1.807) is 13.0 Å². The molecule has 0 bridgehead atoms. The van der Waals surface area contributed by atoms with Crippen molar-refractivity contribution in [3.8, 4) is 5.75 Å². The van der Waals surface area contributed by atoms with Gasteiger partial charge in [-0.05, 0) is 87.2 Å². The summed E-state index contributed by atoms with van der Waals surface area (Å²) in [6.45, 7) is 6.21. The maximum absolute atomic E-state index is 12.2. The van der Waals surface area contributed by atoms with Crippen LogP contribution in [-0.4, -0.2) is 53.5 Å². The molecule has 2 fully saturated rings. The number of ether oxygens (including phenoxy) is 1. The van der Waals surface area contributed by atoms with Crippen molar-refractivity contribution in [2.24, 2.45) is 5.92 Å². The topological polar surface area (TPSA) is 101 Å². The lowest BCUT2D eigenvalue weighted by molar-refractivity contribution is 0.0921. The highest BCUT2D eigenvalue weighted by atomic mass is 16.5. The predicted octanol–water partition coefficient (Wildman–Crippen LogP) is 3.44. The summed E-state index contributed by atoms with van der Waals surface area (Å²) >= 11 is 0. The smallest absolute Gasteiger partial charge is 0.266 e. The predicted molar refractivity (Wildman–Crippen MR) is 121 cm³/mol. The summed E-state index contributed by atoms with van der Waals surface area (Å²) in [5.41, 5.74) is 1.47. The summed E-state index contributed by atoms with van der Waals surface area (Å²) in [7, 11) is 0. The molecule has 2 aliphatic rings. The second-order valence-electron chi connectivity index (χ2n) is 9.16. The first-order valence-electron chi connectivity index (χ1n) is 11.8. The average molecular weight is 443 g/mol. The zero-order valence-electron chi connectivity index (χ0n) is 19.0. The van der Waals surface area contributed by atoms with Crippen molar-refractivity contribution < 1.29 is 19.2 Å². The molecule has 2 N–H and O–H groups in total. The maximum Gasteiger partial charge on any atom is 0.266 e. The number of amides is 1. The number of nitrogens with zero attached hydrogens (tertiary/aromatic N) is 3. The molecule has 8 nitrogen and oxygen atoms in total. The molecule has 2 heterocycles. The molecule has 1 unspecified atom stereocenters. The number of hydrogen-bond acceptors (Lipinski definition) is 7. The van der Waals surface area contributed by atoms with Crippen LogP contribution in [0.4, 0.5) is 5.95 Å². The molecule has 1 aliphatic carbocycles. The summed E-state index contributed by atoms with van der Waals surface area (Å²) in [6, 6.07) is 5.26. The Labute approximate surface area is 189 Å². The van der Waals surface area contributed by atoms with E-state index in [1.165, 1.54) is 12.8 Å². The van der Waals surface area contributed by atoms with E-state index < -0.39 is 0 Å². The molecule has 0 radical (unpaired) electrons. The lowest BCUT2D eigenvalue weighted by atomic mass is 9.92. The number of nitrogens with one attached hydrogen (secondary N) is 1. The maximum atomic E-state index is 12.2. The van der Waals surface area contributed by atoms with E-state index in [-0.39, 0.29) is 18.6 Å². The Morgan fingerprint density at radius 2 is 2.09 bits per heavy atom. The normalized spacial score (nSPS) is 17.9. The van der Waals surface area contributed by atoms with Gasteiger partial charge >= 0.3 is 0 Å². The summed E-state index contributed by atoms with van der Waals surface area (Å²) in [5.74, 6) is 3.38. The minimum atomic E-state index is -0.267. The molecule has 1 saturated heterocycles. The molecular weight excluding hydrogens is 408 g/mol. The third-order valence-corrected chi connectivity index (χ3v) is 6.37. The van der Waals surface area contributed by atoms with Crippen LogP contribution in [0.5, 0.6) is 5.75 Å². The van der Waals surface area contributed by atoms with Crippen LogP contribution in [0.2, 0.25) is 0 Å². The third kappa shape index (κ3) is 5.79. The number of hydrogen-bond donors (Lipinski definition) is 2. The fraction of sp³-hybridized carbons (Fsp3) is 0.625. The van der Waals surface area contributed by atoms with Gasteiger partial charge in [-0.2, -0.15) is 4.98 Å². The third-order valence-electron chi connectivity index (χ3n) is 6.37. The first kappa shape index (κ1) is 22.6. The van der Waals surface area contributed by atoms with Gasteiger partial charge < -0.3 is 24.6 Å². The van der Waals surface area contributed by atoms with Crippen molar-refractivity contribution in [2.75, 3.05) is 31.2 Å². The van der Waals surface area contributed by atoms with Gasteiger partial charge in [-0.15, -0.1) is 0 Å². The SMILES string of the molecule is Cc1cc(OCCCC2CCN(c3noc(C4CC4)n3)CC2)ccc1C(=O)NC(C)CO. The summed E-state index contributed by atoms with van der Waals surface area (Å²) in [4.78, 5) is 19.1. The number of benzene rings is 1. The Kier molecular flexibility index (Phi) is 7.29. The van der Waals surface area contributed by atoms with Crippen molar-refractivity contribution in [3.63, 3.8) is 0 Å². The van der Waals surface area contributed by atoms with Gasteiger partial charge in [0.25, 0.3) is 11.9 Å². The van der Waals surface area contributed by atoms with E-state index in [2.05, 4.69) is 20.4 Å². The van der Waals surface area contributed by atoms with Gasteiger partial charge in [0.05, 0.1) is 13.2 Å². The van der Waals surface area contributed by atoms with Crippen LogP contribution in [0, 0.1) is 12.8 Å². The van der Waals surface area contributed by atoms with Crippen molar-refractivity contribution in [2.45, 2.75) is 64.3 Å². The zero-order chi connectivity index (χ0) is 22.5. The number of aliphatic hydroxyl groups is 1. The van der Waals surface area contributed by atoms with Crippen LogP contribution in [0.15, 0.2) is 22.7 Å². The van der Waals surface area contributed by atoms with Crippen molar-refractivity contribution in [1.82, 2.24) is 15.5 Å².